The molecule has 0 spiro atoms. The summed E-state index contributed by atoms with van der Waals surface area (Å²) in [4.78, 5) is 16.4. The van der Waals surface area contributed by atoms with E-state index in [0.717, 1.165) is 11.4 Å². The van der Waals surface area contributed by atoms with Crippen LogP contribution in [0.4, 0.5) is 5.69 Å². The Bertz CT molecular complexity index is 825. The molecule has 2 N–H and O–H groups in total. The van der Waals surface area contributed by atoms with Gasteiger partial charge in [-0.1, -0.05) is 41.4 Å². The Labute approximate surface area is 145 Å². The number of hydrogen-bond acceptors (Lipinski definition) is 3. The minimum atomic E-state index is -0.168. The molecule has 5 nitrogen and oxygen atoms in total. The Morgan fingerprint density at radius 1 is 1.12 bits per heavy atom. The zero-order valence-corrected chi connectivity index (χ0v) is 14.0. The third kappa shape index (κ3) is 4.43. The third-order valence-electron chi connectivity index (χ3n) is 3.52. The van der Waals surface area contributed by atoms with Gasteiger partial charge in [0, 0.05) is 17.1 Å². The van der Waals surface area contributed by atoms with Gasteiger partial charge < -0.3 is 5.32 Å². The van der Waals surface area contributed by atoms with E-state index in [0.29, 0.717) is 23.0 Å². The van der Waals surface area contributed by atoms with Crippen molar-refractivity contribution in [2.75, 3.05) is 5.32 Å². The fourth-order valence-electron chi connectivity index (χ4n) is 2.27. The van der Waals surface area contributed by atoms with Crippen LogP contribution in [-0.4, -0.2) is 21.1 Å². The van der Waals surface area contributed by atoms with Crippen molar-refractivity contribution in [3.63, 3.8) is 0 Å². The van der Waals surface area contributed by atoms with Crippen LogP contribution in [0.15, 0.2) is 48.5 Å². The molecule has 0 saturated carbocycles. The number of aryl methyl sites for hydroxylation is 1. The molecule has 0 bridgehead atoms. The van der Waals surface area contributed by atoms with E-state index >= 15 is 0 Å². The number of benzene rings is 2. The molecule has 0 unspecified atom stereocenters. The summed E-state index contributed by atoms with van der Waals surface area (Å²) in [6, 6.07) is 15.2. The summed E-state index contributed by atoms with van der Waals surface area (Å²) < 4.78 is 0. The van der Waals surface area contributed by atoms with Crippen LogP contribution in [0.25, 0.3) is 0 Å². The van der Waals surface area contributed by atoms with E-state index in [9.17, 15) is 4.79 Å². The molecule has 0 radical (unpaired) electrons. The van der Waals surface area contributed by atoms with Gasteiger partial charge in [0.15, 0.2) is 5.82 Å². The van der Waals surface area contributed by atoms with Crippen molar-refractivity contribution in [2.24, 2.45) is 0 Å². The number of carbonyl (C=O) groups excluding carboxylic acids is 1. The zero-order chi connectivity index (χ0) is 16.9. The number of aromatic amines is 1. The summed E-state index contributed by atoms with van der Waals surface area (Å²) >= 11 is 5.82. The highest BCUT2D eigenvalue weighted by atomic mass is 35.5. The largest absolute Gasteiger partial charge is 0.326 e. The van der Waals surface area contributed by atoms with Crippen molar-refractivity contribution in [1.29, 1.82) is 0 Å². The van der Waals surface area contributed by atoms with Crippen LogP contribution < -0.4 is 5.32 Å². The number of rotatable bonds is 5. The second-order valence-electron chi connectivity index (χ2n) is 5.59. The quantitative estimate of drug-likeness (QED) is 0.746. The summed E-state index contributed by atoms with van der Waals surface area (Å²) in [6.45, 7) is 2.05. The van der Waals surface area contributed by atoms with Crippen molar-refractivity contribution >= 4 is 23.2 Å². The molecule has 0 saturated heterocycles. The fourth-order valence-corrected chi connectivity index (χ4v) is 2.40. The summed E-state index contributed by atoms with van der Waals surface area (Å²) in [5, 5.41) is 10.4. The average molecular weight is 341 g/mol. The molecule has 24 heavy (non-hydrogen) atoms. The van der Waals surface area contributed by atoms with Crippen LogP contribution in [0.2, 0.25) is 5.02 Å². The van der Waals surface area contributed by atoms with Gasteiger partial charge in [0.1, 0.15) is 5.82 Å². The van der Waals surface area contributed by atoms with Gasteiger partial charge in [0.25, 0.3) is 0 Å². The molecule has 3 rings (SSSR count). The number of H-pyrrole nitrogens is 1. The number of aromatic nitrogens is 3. The van der Waals surface area contributed by atoms with Gasteiger partial charge >= 0.3 is 0 Å². The highest BCUT2D eigenvalue weighted by Crippen LogP contribution is 2.13. The molecule has 6 heteroatoms. The first kappa shape index (κ1) is 16.2. The van der Waals surface area contributed by atoms with Crippen LogP contribution in [0.1, 0.15) is 22.8 Å². The summed E-state index contributed by atoms with van der Waals surface area (Å²) in [6.07, 6.45) is 0.777. The van der Waals surface area contributed by atoms with E-state index in [1.54, 1.807) is 24.3 Å². The van der Waals surface area contributed by atoms with Crippen molar-refractivity contribution in [1.82, 2.24) is 15.2 Å². The normalized spacial score (nSPS) is 10.6. The Kier molecular flexibility index (Phi) is 4.91. The van der Waals surface area contributed by atoms with Gasteiger partial charge in [-0.25, -0.2) is 4.98 Å². The lowest BCUT2D eigenvalue weighted by atomic mass is 10.1. The third-order valence-corrected chi connectivity index (χ3v) is 3.77. The van der Waals surface area contributed by atoms with Crippen LogP contribution in [0, 0.1) is 6.92 Å². The second kappa shape index (κ2) is 7.27. The summed E-state index contributed by atoms with van der Waals surface area (Å²) in [5.74, 6) is 1.05. The summed E-state index contributed by atoms with van der Waals surface area (Å²) in [5.41, 5.74) is 3.06. The number of carbonyl (C=O) groups is 1. The van der Waals surface area contributed by atoms with E-state index in [-0.39, 0.29) is 12.3 Å². The predicted molar refractivity (Wildman–Crippen MR) is 94.2 cm³/mol. The highest BCUT2D eigenvalue weighted by molar-refractivity contribution is 6.30. The lowest BCUT2D eigenvalue weighted by Crippen LogP contribution is -2.15. The van der Waals surface area contributed by atoms with Crippen LogP contribution in [0.3, 0.4) is 0 Å². The second-order valence-corrected chi connectivity index (χ2v) is 6.03. The highest BCUT2D eigenvalue weighted by Gasteiger charge is 2.10. The fraction of sp³-hybridized carbons (Fsp3) is 0.167. The van der Waals surface area contributed by atoms with Gasteiger partial charge in [-0.15, -0.1) is 0 Å². The standard InChI is InChI=1S/C18H17ClN4O/c1-12-2-4-13(5-3-12)10-16-21-17(23-22-16)11-18(24)20-15-8-6-14(19)7-9-15/h2-9H,10-11H2,1H3,(H,20,24)(H,21,22,23). The lowest BCUT2D eigenvalue weighted by molar-refractivity contribution is -0.115. The molecule has 1 heterocycles. The van der Waals surface area contributed by atoms with Crippen LogP contribution in [-0.2, 0) is 17.6 Å². The topological polar surface area (TPSA) is 70.7 Å². The van der Waals surface area contributed by atoms with E-state index in [1.165, 1.54) is 5.56 Å². The number of nitrogens with zero attached hydrogens (tertiary/aromatic N) is 2. The van der Waals surface area contributed by atoms with Gasteiger partial charge in [-0.3, -0.25) is 9.89 Å². The first-order valence-electron chi connectivity index (χ1n) is 7.59. The molecular weight excluding hydrogens is 324 g/mol. The molecule has 1 amide bonds. The maximum atomic E-state index is 12.0. The zero-order valence-electron chi connectivity index (χ0n) is 13.2. The maximum absolute atomic E-state index is 12.0. The molecule has 0 fully saturated rings. The lowest BCUT2D eigenvalue weighted by Gasteiger charge is -2.03. The Morgan fingerprint density at radius 3 is 2.54 bits per heavy atom. The number of nitrogens with one attached hydrogen (secondary N) is 2. The van der Waals surface area contributed by atoms with Crippen LogP contribution in [0.5, 0.6) is 0 Å². The van der Waals surface area contributed by atoms with Gasteiger partial charge in [0.05, 0.1) is 6.42 Å². The SMILES string of the molecule is Cc1ccc(Cc2nc(CC(=O)Nc3ccc(Cl)cc3)n[nH]2)cc1. The van der Waals surface area contributed by atoms with Crippen molar-refractivity contribution in [2.45, 2.75) is 19.8 Å². The smallest absolute Gasteiger partial charge is 0.232 e. The Hall–Kier alpha value is -2.66. The number of amides is 1. The average Bonchev–Trinajstić information content (AvgIpc) is 2.99. The molecule has 0 aliphatic carbocycles. The van der Waals surface area contributed by atoms with Gasteiger partial charge in [0.2, 0.25) is 5.91 Å². The maximum Gasteiger partial charge on any atom is 0.232 e. The van der Waals surface area contributed by atoms with E-state index < -0.39 is 0 Å². The van der Waals surface area contributed by atoms with Gasteiger partial charge in [-0.05, 0) is 36.8 Å². The van der Waals surface area contributed by atoms with Crippen LogP contribution >= 0.6 is 11.6 Å². The molecular formula is C18H17ClN4O. The van der Waals surface area contributed by atoms with Gasteiger partial charge in [-0.2, -0.15) is 5.10 Å². The number of halogens is 1. The van der Waals surface area contributed by atoms with Crippen molar-refractivity contribution < 1.29 is 4.79 Å². The molecule has 3 aromatic rings. The molecule has 0 atom stereocenters. The molecule has 2 aromatic carbocycles. The molecule has 122 valence electrons. The molecule has 0 aliphatic rings. The first-order chi connectivity index (χ1) is 11.6. The Morgan fingerprint density at radius 2 is 1.83 bits per heavy atom. The minimum absolute atomic E-state index is 0.118. The van der Waals surface area contributed by atoms with Crippen molar-refractivity contribution in [3.05, 3.63) is 76.3 Å². The summed E-state index contributed by atoms with van der Waals surface area (Å²) in [7, 11) is 0. The van der Waals surface area contributed by atoms with Crippen molar-refractivity contribution in [3.8, 4) is 0 Å². The minimum Gasteiger partial charge on any atom is -0.326 e. The molecule has 0 aliphatic heterocycles. The molecule has 1 aromatic heterocycles. The van der Waals surface area contributed by atoms with E-state index in [1.807, 2.05) is 0 Å². The number of anilines is 1. The monoisotopic (exact) mass is 340 g/mol. The van der Waals surface area contributed by atoms with E-state index in [2.05, 4.69) is 51.7 Å². The Balaban J connectivity index is 1.58. The van der Waals surface area contributed by atoms with E-state index in [4.69, 9.17) is 11.6 Å². The first-order valence-corrected chi connectivity index (χ1v) is 7.97. The predicted octanol–water partition coefficient (Wildman–Crippen LogP) is 3.54. The number of hydrogen-bond donors (Lipinski definition) is 2.